The van der Waals surface area contributed by atoms with Gasteiger partial charge in [-0.1, -0.05) is 30.3 Å². The second-order valence-electron chi connectivity index (χ2n) is 3.68. The molecule has 0 amide bonds. The van der Waals surface area contributed by atoms with Gasteiger partial charge in [0.15, 0.2) is 0 Å². The molecule has 0 aliphatic carbocycles. The Kier molecular flexibility index (Phi) is 4.23. The van der Waals surface area contributed by atoms with Crippen LogP contribution in [0, 0.1) is 0 Å². The highest BCUT2D eigenvalue weighted by molar-refractivity contribution is 14.2. The van der Waals surface area contributed by atoms with E-state index in [0.29, 0.717) is 12.4 Å². The highest BCUT2D eigenvalue weighted by atomic mass is 127. The van der Waals surface area contributed by atoms with Crippen molar-refractivity contribution in [2.75, 3.05) is 0 Å². The summed E-state index contributed by atoms with van der Waals surface area (Å²) in [7, 11) is -3.17. The van der Waals surface area contributed by atoms with Gasteiger partial charge >= 0.3 is 0 Å². The minimum atomic E-state index is -3.17. The van der Waals surface area contributed by atoms with Crippen LogP contribution in [0.25, 0.3) is 0 Å². The van der Waals surface area contributed by atoms with Gasteiger partial charge in [-0.15, -0.1) is 0 Å². The van der Waals surface area contributed by atoms with E-state index in [0.717, 1.165) is 5.56 Å². The van der Waals surface area contributed by atoms with Gasteiger partial charge in [0.1, 0.15) is 12.4 Å². The molecule has 0 N–H and O–H groups in total. The van der Waals surface area contributed by atoms with Crippen LogP contribution in [0.3, 0.4) is 0 Å². The minimum absolute atomic E-state index is 0.287. The molecular formula is C13H11IO3S. The molecule has 0 saturated heterocycles. The summed E-state index contributed by atoms with van der Waals surface area (Å²) in [5.41, 5.74) is 1.07. The van der Waals surface area contributed by atoms with Crippen molar-refractivity contribution in [1.29, 1.82) is 0 Å². The molecular weight excluding hydrogens is 363 g/mol. The van der Waals surface area contributed by atoms with Crippen molar-refractivity contribution in [3.8, 4) is 5.75 Å². The first kappa shape index (κ1) is 13.4. The second kappa shape index (κ2) is 5.71. The van der Waals surface area contributed by atoms with E-state index in [9.17, 15) is 8.42 Å². The maximum Gasteiger partial charge on any atom is 0.231 e. The molecule has 0 heterocycles. The average molecular weight is 374 g/mol. The maximum absolute atomic E-state index is 11.3. The third-order valence-corrected chi connectivity index (χ3v) is 4.71. The third-order valence-electron chi connectivity index (χ3n) is 2.35. The maximum atomic E-state index is 11.3. The Labute approximate surface area is 118 Å². The zero-order chi connectivity index (χ0) is 13.0. The van der Waals surface area contributed by atoms with E-state index < -0.39 is 7.01 Å². The Balaban J connectivity index is 2.03. The zero-order valence-electron chi connectivity index (χ0n) is 9.41. The highest BCUT2D eigenvalue weighted by Crippen LogP contribution is 2.21. The predicted octanol–water partition coefficient (Wildman–Crippen LogP) is 3.39. The standard InChI is InChI=1S/C13H11IO3S/c14-18(15,16)13-8-6-12(7-9-13)17-10-11-4-2-1-3-5-11/h1-9H,10H2. The molecule has 2 aromatic carbocycles. The summed E-state index contributed by atoms with van der Waals surface area (Å²) in [6, 6.07) is 16.2. The molecule has 0 bridgehead atoms. The number of rotatable bonds is 4. The van der Waals surface area contributed by atoms with Gasteiger partial charge in [-0.3, -0.25) is 0 Å². The molecule has 0 unspecified atom stereocenters. The third kappa shape index (κ3) is 3.71. The minimum Gasteiger partial charge on any atom is -0.489 e. The molecule has 18 heavy (non-hydrogen) atoms. The summed E-state index contributed by atoms with van der Waals surface area (Å²) in [6.07, 6.45) is 0. The normalized spacial score (nSPS) is 11.2. The molecule has 5 heteroatoms. The Morgan fingerprint density at radius 1 is 0.944 bits per heavy atom. The van der Waals surface area contributed by atoms with Gasteiger partial charge in [-0.25, -0.2) is 8.42 Å². The fourth-order valence-electron chi connectivity index (χ4n) is 1.44. The lowest BCUT2D eigenvalue weighted by Gasteiger charge is -2.06. The fraction of sp³-hybridized carbons (Fsp3) is 0.0769. The Morgan fingerprint density at radius 2 is 1.56 bits per heavy atom. The smallest absolute Gasteiger partial charge is 0.231 e. The predicted molar refractivity (Wildman–Crippen MR) is 78.4 cm³/mol. The van der Waals surface area contributed by atoms with Crippen LogP contribution in [0.4, 0.5) is 0 Å². The van der Waals surface area contributed by atoms with Crippen molar-refractivity contribution in [3.63, 3.8) is 0 Å². The molecule has 94 valence electrons. The van der Waals surface area contributed by atoms with E-state index in [1.807, 2.05) is 30.3 Å². The van der Waals surface area contributed by atoms with Crippen LogP contribution >= 0.6 is 21.2 Å². The first-order valence-corrected chi connectivity index (χ1v) is 9.30. The van der Waals surface area contributed by atoms with Gasteiger partial charge in [0.05, 0.1) is 26.1 Å². The Morgan fingerprint density at radius 3 is 2.11 bits per heavy atom. The fourth-order valence-corrected chi connectivity index (χ4v) is 2.78. The zero-order valence-corrected chi connectivity index (χ0v) is 12.4. The summed E-state index contributed by atoms with van der Waals surface area (Å²) in [5.74, 6) is 0.655. The van der Waals surface area contributed by atoms with Crippen molar-refractivity contribution in [1.82, 2.24) is 0 Å². The van der Waals surface area contributed by atoms with Crippen molar-refractivity contribution in [2.24, 2.45) is 0 Å². The van der Waals surface area contributed by atoms with Crippen molar-refractivity contribution < 1.29 is 13.2 Å². The van der Waals surface area contributed by atoms with Crippen molar-refractivity contribution >= 4 is 28.2 Å². The van der Waals surface area contributed by atoms with E-state index in [1.54, 1.807) is 24.3 Å². The van der Waals surface area contributed by atoms with Crippen molar-refractivity contribution in [3.05, 3.63) is 60.2 Å². The molecule has 0 fully saturated rings. The Bertz CT molecular complexity index is 606. The molecule has 0 radical (unpaired) electrons. The van der Waals surface area contributed by atoms with E-state index in [2.05, 4.69) is 0 Å². The van der Waals surface area contributed by atoms with E-state index in [4.69, 9.17) is 4.74 Å². The molecule has 0 aliphatic heterocycles. The van der Waals surface area contributed by atoms with E-state index in [1.165, 1.54) is 21.2 Å². The molecule has 0 saturated carbocycles. The summed E-state index contributed by atoms with van der Waals surface area (Å²) in [6.45, 7) is 0.469. The second-order valence-corrected chi connectivity index (χ2v) is 8.51. The molecule has 0 atom stereocenters. The van der Waals surface area contributed by atoms with Crippen LogP contribution in [0.15, 0.2) is 59.5 Å². The lowest BCUT2D eigenvalue weighted by Crippen LogP contribution is -1.95. The van der Waals surface area contributed by atoms with Crippen LogP contribution in [0.1, 0.15) is 5.56 Å². The summed E-state index contributed by atoms with van der Waals surface area (Å²) < 4.78 is 28.1. The van der Waals surface area contributed by atoms with Crippen molar-refractivity contribution in [2.45, 2.75) is 11.5 Å². The number of hydrogen-bond donors (Lipinski definition) is 0. The van der Waals surface area contributed by atoms with Gasteiger partial charge in [-0.05, 0) is 29.8 Å². The molecule has 3 nitrogen and oxygen atoms in total. The Hall–Kier alpha value is -1.08. The van der Waals surface area contributed by atoms with Crippen LogP contribution in [-0.4, -0.2) is 8.42 Å². The van der Waals surface area contributed by atoms with Gasteiger partial charge in [0.25, 0.3) is 0 Å². The van der Waals surface area contributed by atoms with Gasteiger partial charge in [0, 0.05) is 0 Å². The molecule has 2 rings (SSSR count). The first-order chi connectivity index (χ1) is 8.55. The van der Waals surface area contributed by atoms with E-state index in [-0.39, 0.29) is 4.90 Å². The number of benzene rings is 2. The topological polar surface area (TPSA) is 43.4 Å². The number of ether oxygens (including phenoxy) is 1. The summed E-state index contributed by atoms with van der Waals surface area (Å²) >= 11 is 1.42. The average Bonchev–Trinajstić information content (AvgIpc) is 2.37. The SMILES string of the molecule is O=S(=O)(I)c1ccc(OCc2ccccc2)cc1. The number of halogens is 1. The lowest BCUT2D eigenvalue weighted by molar-refractivity contribution is 0.306. The van der Waals surface area contributed by atoms with Gasteiger partial charge < -0.3 is 4.74 Å². The summed E-state index contributed by atoms with van der Waals surface area (Å²) in [5, 5.41) is 0. The molecule has 2 aromatic rings. The first-order valence-electron chi connectivity index (χ1n) is 5.27. The van der Waals surface area contributed by atoms with Crippen LogP contribution in [0.5, 0.6) is 5.75 Å². The van der Waals surface area contributed by atoms with Crippen LogP contribution in [-0.2, 0) is 13.6 Å². The number of hydrogen-bond acceptors (Lipinski definition) is 3. The quantitative estimate of drug-likeness (QED) is 0.609. The molecule has 0 aromatic heterocycles. The monoisotopic (exact) mass is 374 g/mol. The largest absolute Gasteiger partial charge is 0.489 e. The highest BCUT2D eigenvalue weighted by Gasteiger charge is 2.08. The summed E-state index contributed by atoms with van der Waals surface area (Å²) in [4.78, 5) is 0.287. The van der Waals surface area contributed by atoms with Crippen LogP contribution < -0.4 is 4.74 Å². The molecule has 0 aliphatic rings. The van der Waals surface area contributed by atoms with Gasteiger partial charge in [-0.2, -0.15) is 0 Å². The van der Waals surface area contributed by atoms with Gasteiger partial charge in [0.2, 0.25) is 7.01 Å². The van der Waals surface area contributed by atoms with Crippen LogP contribution in [0.2, 0.25) is 0 Å². The van der Waals surface area contributed by atoms with E-state index >= 15 is 0 Å². The lowest BCUT2D eigenvalue weighted by atomic mass is 10.2. The molecule has 0 spiro atoms.